The molecule has 2 fully saturated rings. The van der Waals surface area contributed by atoms with Crippen LogP contribution in [-0.2, 0) is 11.2 Å². The van der Waals surface area contributed by atoms with Gasteiger partial charge in [-0.25, -0.2) is 4.39 Å². The number of halogens is 1. The molecule has 1 aliphatic carbocycles. The quantitative estimate of drug-likeness (QED) is 0.905. The van der Waals surface area contributed by atoms with Crippen molar-refractivity contribution in [3.05, 3.63) is 35.6 Å². The fourth-order valence-corrected chi connectivity index (χ4v) is 3.69. The van der Waals surface area contributed by atoms with Gasteiger partial charge in [0.15, 0.2) is 0 Å². The monoisotopic (exact) mass is 318 g/mol. The first-order valence-electron chi connectivity index (χ1n) is 8.79. The fraction of sp³-hybridized carbons (Fsp3) is 0.632. The van der Waals surface area contributed by atoms with Crippen LogP contribution in [0.25, 0.3) is 0 Å². The van der Waals surface area contributed by atoms with Crippen LogP contribution in [-0.4, -0.2) is 37.5 Å². The zero-order valence-electron chi connectivity index (χ0n) is 14.0. The molecule has 0 radical (unpaired) electrons. The van der Waals surface area contributed by atoms with Gasteiger partial charge in [0, 0.05) is 6.54 Å². The molecule has 0 spiro atoms. The molecule has 2 aliphatic rings. The van der Waals surface area contributed by atoms with Crippen molar-refractivity contribution < 1.29 is 9.18 Å². The largest absolute Gasteiger partial charge is 0.355 e. The predicted molar refractivity (Wildman–Crippen MR) is 89.6 cm³/mol. The van der Waals surface area contributed by atoms with Gasteiger partial charge in [0.25, 0.3) is 0 Å². The van der Waals surface area contributed by atoms with E-state index in [2.05, 4.69) is 17.3 Å². The highest BCUT2D eigenvalue weighted by Gasteiger charge is 2.41. The third-order valence-corrected chi connectivity index (χ3v) is 5.63. The molecule has 1 aromatic carbocycles. The maximum Gasteiger partial charge on any atom is 0.226 e. The van der Waals surface area contributed by atoms with Gasteiger partial charge in [0.1, 0.15) is 5.82 Å². The van der Waals surface area contributed by atoms with E-state index in [4.69, 9.17) is 0 Å². The second-order valence-electron chi connectivity index (χ2n) is 7.40. The minimum atomic E-state index is -0.385. The number of likely N-dealkylation sites (tertiary alicyclic amines) is 1. The van der Waals surface area contributed by atoms with Gasteiger partial charge in [-0.1, -0.05) is 18.6 Å². The lowest BCUT2D eigenvalue weighted by molar-refractivity contribution is -0.134. The molecule has 4 heteroatoms. The SMILES string of the molecule is CN1CCC(Cc2cccc(F)c2)(C(=O)NCC2CCC2)CC1. The Hall–Kier alpha value is -1.42. The fourth-order valence-electron chi connectivity index (χ4n) is 3.69. The highest BCUT2D eigenvalue weighted by molar-refractivity contribution is 5.83. The van der Waals surface area contributed by atoms with Gasteiger partial charge in [-0.15, -0.1) is 0 Å². The summed E-state index contributed by atoms with van der Waals surface area (Å²) in [7, 11) is 2.10. The summed E-state index contributed by atoms with van der Waals surface area (Å²) in [5.74, 6) is 0.610. The Bertz CT molecular complexity index is 548. The maximum absolute atomic E-state index is 13.5. The molecular formula is C19H27FN2O. The summed E-state index contributed by atoms with van der Waals surface area (Å²) in [5.41, 5.74) is 0.540. The Morgan fingerprint density at radius 1 is 1.35 bits per heavy atom. The number of hydrogen-bond acceptors (Lipinski definition) is 2. The summed E-state index contributed by atoms with van der Waals surface area (Å²) in [6, 6.07) is 6.70. The van der Waals surface area contributed by atoms with Gasteiger partial charge in [0.2, 0.25) is 5.91 Å². The predicted octanol–water partition coefficient (Wildman–Crippen LogP) is 3.00. The molecule has 1 saturated carbocycles. The van der Waals surface area contributed by atoms with Crippen LogP contribution in [0.4, 0.5) is 4.39 Å². The van der Waals surface area contributed by atoms with E-state index in [9.17, 15) is 9.18 Å². The molecule has 0 atom stereocenters. The van der Waals surface area contributed by atoms with E-state index < -0.39 is 0 Å². The number of carbonyl (C=O) groups excluding carboxylic acids is 1. The number of rotatable bonds is 5. The Balaban J connectivity index is 1.71. The first-order chi connectivity index (χ1) is 11.1. The van der Waals surface area contributed by atoms with Crippen molar-refractivity contribution in [3.8, 4) is 0 Å². The number of carbonyl (C=O) groups is 1. The minimum Gasteiger partial charge on any atom is -0.355 e. The molecule has 1 heterocycles. The summed E-state index contributed by atoms with van der Waals surface area (Å²) in [6.45, 7) is 2.65. The average Bonchev–Trinajstić information content (AvgIpc) is 2.48. The third kappa shape index (κ3) is 3.92. The van der Waals surface area contributed by atoms with Crippen LogP contribution < -0.4 is 5.32 Å². The summed E-state index contributed by atoms with van der Waals surface area (Å²) in [5, 5.41) is 3.19. The highest BCUT2D eigenvalue weighted by Crippen LogP contribution is 2.36. The highest BCUT2D eigenvalue weighted by atomic mass is 19.1. The molecule has 0 bridgehead atoms. The Labute approximate surface area is 138 Å². The third-order valence-electron chi connectivity index (χ3n) is 5.63. The molecule has 3 nitrogen and oxygen atoms in total. The molecule has 1 aromatic rings. The Morgan fingerprint density at radius 3 is 2.70 bits per heavy atom. The van der Waals surface area contributed by atoms with Crippen LogP contribution in [0.3, 0.4) is 0 Å². The lowest BCUT2D eigenvalue weighted by Crippen LogP contribution is -2.50. The minimum absolute atomic E-state index is 0.168. The van der Waals surface area contributed by atoms with E-state index in [1.54, 1.807) is 12.1 Å². The number of nitrogens with zero attached hydrogens (tertiary/aromatic N) is 1. The van der Waals surface area contributed by atoms with E-state index in [-0.39, 0.29) is 17.1 Å². The standard InChI is InChI=1S/C19H27FN2O/c1-22-10-8-19(9-11-22,13-16-6-3-7-17(20)12-16)18(23)21-14-15-4-2-5-15/h3,6-7,12,15H,2,4-5,8-11,13-14H2,1H3,(H,21,23). The zero-order chi connectivity index (χ0) is 16.3. The zero-order valence-corrected chi connectivity index (χ0v) is 14.0. The van der Waals surface area contributed by atoms with Crippen LogP contribution in [0.15, 0.2) is 24.3 Å². The van der Waals surface area contributed by atoms with Crippen molar-refractivity contribution in [1.29, 1.82) is 0 Å². The molecule has 126 valence electrons. The Morgan fingerprint density at radius 2 is 2.09 bits per heavy atom. The second kappa shape index (κ2) is 7.00. The summed E-state index contributed by atoms with van der Waals surface area (Å²) in [6.07, 6.45) is 6.09. The van der Waals surface area contributed by atoms with Crippen molar-refractivity contribution in [3.63, 3.8) is 0 Å². The molecule has 1 saturated heterocycles. The van der Waals surface area contributed by atoms with Gasteiger partial charge < -0.3 is 10.2 Å². The van der Waals surface area contributed by atoms with E-state index in [1.165, 1.54) is 25.3 Å². The smallest absolute Gasteiger partial charge is 0.226 e. The molecule has 0 unspecified atom stereocenters. The molecule has 1 N–H and O–H groups in total. The van der Waals surface area contributed by atoms with Gasteiger partial charge in [-0.2, -0.15) is 0 Å². The summed E-state index contributed by atoms with van der Waals surface area (Å²) >= 11 is 0. The van der Waals surface area contributed by atoms with Crippen LogP contribution in [0.2, 0.25) is 0 Å². The van der Waals surface area contributed by atoms with Gasteiger partial charge >= 0.3 is 0 Å². The number of hydrogen-bond donors (Lipinski definition) is 1. The molecule has 1 aliphatic heterocycles. The summed E-state index contributed by atoms with van der Waals surface area (Å²) < 4.78 is 13.5. The van der Waals surface area contributed by atoms with Crippen molar-refractivity contribution in [2.24, 2.45) is 11.3 Å². The molecular weight excluding hydrogens is 291 g/mol. The van der Waals surface area contributed by atoms with Crippen molar-refractivity contribution in [2.75, 3.05) is 26.7 Å². The van der Waals surface area contributed by atoms with Crippen LogP contribution >= 0.6 is 0 Å². The van der Waals surface area contributed by atoms with E-state index in [0.717, 1.165) is 38.0 Å². The molecule has 3 rings (SSSR count). The maximum atomic E-state index is 13.5. The number of piperidine rings is 1. The topological polar surface area (TPSA) is 32.3 Å². The van der Waals surface area contributed by atoms with Crippen molar-refractivity contribution >= 4 is 5.91 Å². The molecule has 1 amide bonds. The van der Waals surface area contributed by atoms with Gasteiger partial charge in [-0.05, 0) is 75.9 Å². The number of benzene rings is 1. The Kier molecular flexibility index (Phi) is 5.00. The van der Waals surface area contributed by atoms with Gasteiger partial charge in [0.05, 0.1) is 5.41 Å². The van der Waals surface area contributed by atoms with Gasteiger partial charge in [-0.3, -0.25) is 4.79 Å². The van der Waals surface area contributed by atoms with Crippen molar-refractivity contribution in [1.82, 2.24) is 10.2 Å². The lowest BCUT2D eigenvalue weighted by Gasteiger charge is -2.40. The van der Waals surface area contributed by atoms with E-state index in [0.29, 0.717) is 12.3 Å². The first kappa shape index (κ1) is 16.4. The summed E-state index contributed by atoms with van der Waals surface area (Å²) in [4.78, 5) is 15.2. The van der Waals surface area contributed by atoms with Crippen LogP contribution in [0, 0.1) is 17.2 Å². The van der Waals surface area contributed by atoms with Crippen LogP contribution in [0.5, 0.6) is 0 Å². The normalized spacial score (nSPS) is 21.7. The number of nitrogens with one attached hydrogen (secondary N) is 1. The van der Waals surface area contributed by atoms with Crippen molar-refractivity contribution in [2.45, 2.75) is 38.5 Å². The second-order valence-corrected chi connectivity index (χ2v) is 7.40. The lowest BCUT2D eigenvalue weighted by atomic mass is 9.72. The number of amides is 1. The van der Waals surface area contributed by atoms with E-state index >= 15 is 0 Å². The van der Waals surface area contributed by atoms with Crippen LogP contribution in [0.1, 0.15) is 37.7 Å². The average molecular weight is 318 g/mol. The van der Waals surface area contributed by atoms with E-state index in [1.807, 2.05) is 6.07 Å². The first-order valence-corrected chi connectivity index (χ1v) is 8.79. The molecule has 0 aromatic heterocycles. The molecule has 23 heavy (non-hydrogen) atoms.